The first-order valence-corrected chi connectivity index (χ1v) is 9.30. The summed E-state index contributed by atoms with van der Waals surface area (Å²) in [4.78, 5) is 2.63. The van der Waals surface area contributed by atoms with Gasteiger partial charge in [0.25, 0.3) is 0 Å². The van der Waals surface area contributed by atoms with Gasteiger partial charge in [-0.3, -0.25) is 0 Å². The Hall–Kier alpha value is 0.270. The van der Waals surface area contributed by atoms with Crippen LogP contribution in [0.25, 0.3) is 0 Å². The zero-order valence-electron chi connectivity index (χ0n) is 13.7. The van der Waals surface area contributed by atoms with Gasteiger partial charge in [-0.05, 0) is 50.9 Å². The van der Waals surface area contributed by atoms with Gasteiger partial charge >= 0.3 is 0 Å². The molecule has 3 unspecified atom stereocenters. The lowest BCUT2D eigenvalue weighted by Gasteiger charge is -2.44. The monoisotopic (exact) mass is 286 g/mol. The van der Waals surface area contributed by atoms with E-state index < -0.39 is 0 Å². The van der Waals surface area contributed by atoms with Gasteiger partial charge in [0.1, 0.15) is 0 Å². The molecule has 0 spiro atoms. The van der Waals surface area contributed by atoms with Crippen LogP contribution in [0.5, 0.6) is 0 Å². The van der Waals surface area contributed by atoms with Crippen molar-refractivity contribution in [2.24, 2.45) is 11.3 Å². The highest BCUT2D eigenvalue weighted by atomic mass is 32.2. The van der Waals surface area contributed by atoms with Gasteiger partial charge in [-0.15, -0.1) is 0 Å². The molecule has 1 aliphatic rings. The first-order chi connectivity index (χ1) is 9.06. The van der Waals surface area contributed by atoms with Crippen LogP contribution in [-0.2, 0) is 0 Å². The van der Waals surface area contributed by atoms with Crippen LogP contribution in [0, 0.1) is 11.3 Å². The lowest BCUT2D eigenvalue weighted by atomic mass is 9.69. The smallest absolute Gasteiger partial charge is 0.0180 e. The van der Waals surface area contributed by atoms with Crippen LogP contribution in [-0.4, -0.2) is 50.1 Å². The molecule has 0 amide bonds. The number of hydrogen-bond acceptors (Lipinski definition) is 3. The summed E-state index contributed by atoms with van der Waals surface area (Å²) in [6, 6.07) is 0.737. The minimum Gasteiger partial charge on any atom is -0.319 e. The number of thioether (sulfide) groups is 1. The third-order valence-electron chi connectivity index (χ3n) is 4.78. The van der Waals surface area contributed by atoms with Crippen LogP contribution in [0.4, 0.5) is 0 Å². The molecule has 0 bridgehead atoms. The van der Waals surface area contributed by atoms with Gasteiger partial charge in [-0.25, -0.2) is 0 Å². The topological polar surface area (TPSA) is 15.3 Å². The molecule has 0 aromatic rings. The summed E-state index contributed by atoms with van der Waals surface area (Å²) in [6.07, 6.45) is 9.13. The molecule has 2 nitrogen and oxygen atoms in total. The Morgan fingerprint density at radius 3 is 2.74 bits per heavy atom. The van der Waals surface area contributed by atoms with Crippen molar-refractivity contribution in [2.75, 3.05) is 39.2 Å². The molecular weight excluding hydrogens is 252 g/mol. The molecule has 19 heavy (non-hydrogen) atoms. The summed E-state index contributed by atoms with van der Waals surface area (Å²) >= 11 is 1.98. The van der Waals surface area contributed by atoms with Crippen molar-refractivity contribution >= 4 is 11.8 Å². The molecule has 0 heterocycles. The van der Waals surface area contributed by atoms with Crippen molar-refractivity contribution in [3.8, 4) is 0 Å². The Morgan fingerprint density at radius 1 is 1.47 bits per heavy atom. The second-order valence-corrected chi connectivity index (χ2v) is 7.58. The van der Waals surface area contributed by atoms with E-state index in [1.807, 2.05) is 11.8 Å². The second-order valence-electron chi connectivity index (χ2n) is 6.66. The Morgan fingerprint density at radius 2 is 2.21 bits per heavy atom. The van der Waals surface area contributed by atoms with Crippen LogP contribution >= 0.6 is 11.8 Å². The lowest BCUT2D eigenvalue weighted by Crippen LogP contribution is -2.48. The second kappa shape index (κ2) is 8.53. The summed E-state index contributed by atoms with van der Waals surface area (Å²) in [5.41, 5.74) is 0.507. The van der Waals surface area contributed by atoms with E-state index in [9.17, 15) is 0 Å². The molecule has 1 aliphatic carbocycles. The molecule has 114 valence electrons. The van der Waals surface area contributed by atoms with E-state index >= 15 is 0 Å². The molecule has 0 aliphatic heterocycles. The molecule has 1 N–H and O–H groups in total. The molecule has 1 rings (SSSR count). The van der Waals surface area contributed by atoms with E-state index in [1.54, 1.807) is 0 Å². The van der Waals surface area contributed by atoms with E-state index in [2.05, 4.69) is 44.4 Å². The standard InChI is InChI=1S/C16H34N2S/c1-6-15(11-19-5)18(4)13-16(12-17-3)9-7-8-14(2)10-16/h14-15,17H,6-13H2,1-5H3. The van der Waals surface area contributed by atoms with Gasteiger partial charge in [0.05, 0.1) is 0 Å². The normalized spacial score (nSPS) is 29.7. The predicted octanol–water partition coefficient (Wildman–Crippen LogP) is 3.48. The molecule has 0 radical (unpaired) electrons. The zero-order chi connectivity index (χ0) is 14.3. The van der Waals surface area contributed by atoms with E-state index in [4.69, 9.17) is 0 Å². The Kier molecular flexibility index (Phi) is 7.78. The summed E-state index contributed by atoms with van der Waals surface area (Å²) < 4.78 is 0. The Balaban J connectivity index is 2.65. The SMILES string of the molecule is CCC(CSC)N(C)CC1(CNC)CCCC(C)C1. The summed E-state index contributed by atoms with van der Waals surface area (Å²) in [5.74, 6) is 2.16. The van der Waals surface area contributed by atoms with E-state index in [0.29, 0.717) is 5.41 Å². The molecule has 3 heteroatoms. The summed E-state index contributed by atoms with van der Waals surface area (Å²) in [6.45, 7) is 7.20. The van der Waals surface area contributed by atoms with Crippen molar-refractivity contribution < 1.29 is 0 Å². The molecule has 0 saturated heterocycles. The summed E-state index contributed by atoms with van der Waals surface area (Å²) in [7, 11) is 4.45. The maximum Gasteiger partial charge on any atom is 0.0180 e. The van der Waals surface area contributed by atoms with Crippen LogP contribution in [0.15, 0.2) is 0 Å². The number of hydrogen-bond donors (Lipinski definition) is 1. The van der Waals surface area contributed by atoms with Gasteiger partial charge in [-0.2, -0.15) is 11.8 Å². The van der Waals surface area contributed by atoms with E-state index in [0.717, 1.165) is 12.0 Å². The van der Waals surface area contributed by atoms with E-state index in [-0.39, 0.29) is 0 Å². The average molecular weight is 287 g/mol. The lowest BCUT2D eigenvalue weighted by molar-refractivity contribution is 0.0778. The first-order valence-electron chi connectivity index (χ1n) is 7.90. The third-order valence-corrected chi connectivity index (χ3v) is 5.49. The minimum atomic E-state index is 0.507. The largest absolute Gasteiger partial charge is 0.319 e. The molecule has 0 aromatic carbocycles. The molecule has 0 aromatic heterocycles. The highest BCUT2D eigenvalue weighted by Gasteiger charge is 2.36. The fourth-order valence-corrected chi connectivity index (χ4v) is 4.79. The van der Waals surface area contributed by atoms with Crippen LogP contribution in [0.2, 0.25) is 0 Å². The Labute approximate surface area is 125 Å². The third kappa shape index (κ3) is 5.28. The molecule has 1 saturated carbocycles. The number of rotatable bonds is 8. The van der Waals surface area contributed by atoms with Gasteiger partial charge < -0.3 is 10.2 Å². The highest BCUT2D eigenvalue weighted by Crippen LogP contribution is 2.39. The van der Waals surface area contributed by atoms with Gasteiger partial charge in [0.2, 0.25) is 0 Å². The van der Waals surface area contributed by atoms with Crippen molar-refractivity contribution in [1.82, 2.24) is 10.2 Å². The molecular formula is C16H34N2S. The fraction of sp³-hybridized carbons (Fsp3) is 1.00. The first kappa shape index (κ1) is 17.3. The maximum absolute atomic E-state index is 3.46. The molecule has 1 fully saturated rings. The van der Waals surface area contributed by atoms with Crippen LogP contribution < -0.4 is 5.32 Å². The quantitative estimate of drug-likeness (QED) is 0.735. The Bertz CT molecular complexity index is 243. The van der Waals surface area contributed by atoms with Gasteiger partial charge in [0, 0.05) is 24.9 Å². The highest BCUT2D eigenvalue weighted by molar-refractivity contribution is 7.98. The number of nitrogens with one attached hydrogen (secondary N) is 1. The van der Waals surface area contributed by atoms with Crippen molar-refractivity contribution in [3.05, 3.63) is 0 Å². The van der Waals surface area contributed by atoms with E-state index in [1.165, 1.54) is 50.9 Å². The van der Waals surface area contributed by atoms with Gasteiger partial charge in [-0.1, -0.05) is 26.7 Å². The van der Waals surface area contributed by atoms with Crippen LogP contribution in [0.3, 0.4) is 0 Å². The van der Waals surface area contributed by atoms with Crippen molar-refractivity contribution in [3.63, 3.8) is 0 Å². The average Bonchev–Trinajstić information content (AvgIpc) is 2.35. The van der Waals surface area contributed by atoms with Gasteiger partial charge in [0.15, 0.2) is 0 Å². The number of nitrogens with zero attached hydrogens (tertiary/aromatic N) is 1. The van der Waals surface area contributed by atoms with Crippen LogP contribution in [0.1, 0.15) is 46.0 Å². The summed E-state index contributed by atoms with van der Waals surface area (Å²) in [5, 5.41) is 3.46. The minimum absolute atomic E-state index is 0.507. The van der Waals surface area contributed by atoms with Crippen molar-refractivity contribution in [1.29, 1.82) is 0 Å². The molecule has 3 atom stereocenters. The zero-order valence-corrected chi connectivity index (χ0v) is 14.5. The maximum atomic E-state index is 3.46. The predicted molar refractivity (Wildman–Crippen MR) is 89.1 cm³/mol. The van der Waals surface area contributed by atoms with Crippen molar-refractivity contribution in [2.45, 2.75) is 52.0 Å². The fourth-order valence-electron chi connectivity index (χ4n) is 3.91.